The summed E-state index contributed by atoms with van der Waals surface area (Å²) in [6, 6.07) is 16.1. The van der Waals surface area contributed by atoms with Crippen LogP contribution in [-0.4, -0.2) is 39.2 Å². The van der Waals surface area contributed by atoms with Gasteiger partial charge in [0.2, 0.25) is 0 Å². The van der Waals surface area contributed by atoms with E-state index in [0.717, 1.165) is 38.8 Å². The highest BCUT2D eigenvalue weighted by Gasteiger charge is 2.24. The van der Waals surface area contributed by atoms with Crippen LogP contribution in [0.25, 0.3) is 10.8 Å². The largest absolute Gasteiger partial charge is 0.486 e. The molecule has 2 aromatic heterocycles. The highest BCUT2D eigenvalue weighted by Crippen LogP contribution is 2.27. The van der Waals surface area contributed by atoms with Gasteiger partial charge in [0, 0.05) is 30.9 Å². The van der Waals surface area contributed by atoms with Crippen molar-refractivity contribution in [3.63, 3.8) is 0 Å². The van der Waals surface area contributed by atoms with Gasteiger partial charge >= 0.3 is 0 Å². The van der Waals surface area contributed by atoms with Crippen molar-refractivity contribution >= 4 is 16.7 Å². The number of hydrogen-bond donors (Lipinski definition) is 0. The lowest BCUT2D eigenvalue weighted by Crippen LogP contribution is -2.32. The van der Waals surface area contributed by atoms with Crippen LogP contribution in [0, 0.1) is 12.8 Å². The molecule has 1 fully saturated rings. The van der Waals surface area contributed by atoms with Gasteiger partial charge in [-0.05, 0) is 73.7 Å². The third-order valence-corrected chi connectivity index (χ3v) is 6.59. The summed E-state index contributed by atoms with van der Waals surface area (Å²) in [6.45, 7) is 3.54. The second kappa shape index (κ2) is 10.0. The van der Waals surface area contributed by atoms with E-state index in [9.17, 15) is 4.79 Å². The molecule has 4 aromatic rings. The molecule has 1 aliphatic heterocycles. The van der Waals surface area contributed by atoms with Crippen LogP contribution in [-0.2, 0) is 13.0 Å². The van der Waals surface area contributed by atoms with E-state index in [1.165, 1.54) is 16.3 Å². The van der Waals surface area contributed by atoms with Gasteiger partial charge in [0.05, 0.1) is 5.56 Å². The summed E-state index contributed by atoms with van der Waals surface area (Å²) in [5.41, 5.74) is 3.23. The van der Waals surface area contributed by atoms with Gasteiger partial charge in [-0.15, -0.1) is 0 Å². The molecular formula is C27H28N4O3. The lowest BCUT2D eigenvalue weighted by Gasteiger charge is -2.22. The van der Waals surface area contributed by atoms with Crippen LogP contribution in [0.2, 0.25) is 0 Å². The lowest BCUT2D eigenvalue weighted by atomic mass is 9.92. The maximum atomic E-state index is 13.4. The van der Waals surface area contributed by atoms with Gasteiger partial charge in [0.25, 0.3) is 5.91 Å². The summed E-state index contributed by atoms with van der Waals surface area (Å²) >= 11 is 0. The molecule has 0 spiro atoms. The third kappa shape index (κ3) is 4.93. The Morgan fingerprint density at radius 2 is 2.00 bits per heavy atom. The maximum Gasteiger partial charge on any atom is 0.257 e. The Bertz CT molecular complexity index is 1290. The van der Waals surface area contributed by atoms with Crippen molar-refractivity contribution in [2.45, 2.75) is 39.2 Å². The molecule has 1 aliphatic rings. The fraction of sp³-hybridized carbons (Fsp3) is 0.333. The van der Waals surface area contributed by atoms with Crippen molar-refractivity contribution in [2.24, 2.45) is 5.92 Å². The summed E-state index contributed by atoms with van der Waals surface area (Å²) < 4.78 is 10.7. The number of benzene rings is 2. The highest BCUT2D eigenvalue weighted by molar-refractivity contribution is 5.97. The zero-order chi connectivity index (χ0) is 23.3. The number of nitrogens with zero attached hydrogens (tertiary/aromatic N) is 4. The zero-order valence-electron chi connectivity index (χ0n) is 19.3. The average molecular weight is 457 g/mol. The number of para-hydroxylation sites is 1. The SMILES string of the molecule is Cc1nonc1COc1ccccc1C(=O)N1CCC[C@@H](Cc2ccc3ccncc3c2)CC1. The van der Waals surface area contributed by atoms with Crippen LogP contribution in [0.15, 0.2) is 65.6 Å². The molecule has 174 valence electrons. The molecule has 0 unspecified atom stereocenters. The molecular weight excluding hydrogens is 428 g/mol. The van der Waals surface area contributed by atoms with Crippen LogP contribution < -0.4 is 4.74 Å². The number of aromatic nitrogens is 3. The monoisotopic (exact) mass is 456 g/mol. The van der Waals surface area contributed by atoms with Gasteiger partial charge in [-0.25, -0.2) is 4.63 Å². The first kappa shape index (κ1) is 22.1. The first-order valence-electron chi connectivity index (χ1n) is 11.8. The van der Waals surface area contributed by atoms with E-state index in [4.69, 9.17) is 9.37 Å². The number of hydrogen-bond acceptors (Lipinski definition) is 6. The minimum absolute atomic E-state index is 0.0167. The maximum absolute atomic E-state index is 13.4. The first-order valence-corrected chi connectivity index (χ1v) is 11.8. The number of amides is 1. The van der Waals surface area contributed by atoms with Gasteiger partial charge in [-0.3, -0.25) is 9.78 Å². The second-order valence-electron chi connectivity index (χ2n) is 8.93. The zero-order valence-corrected chi connectivity index (χ0v) is 19.3. The van der Waals surface area contributed by atoms with Crippen molar-refractivity contribution in [3.8, 4) is 5.75 Å². The molecule has 7 nitrogen and oxygen atoms in total. The molecule has 0 radical (unpaired) electrons. The predicted molar refractivity (Wildman–Crippen MR) is 129 cm³/mol. The van der Waals surface area contributed by atoms with Gasteiger partial charge in [0.1, 0.15) is 23.7 Å². The number of fused-ring (bicyclic) bond motifs is 1. The smallest absolute Gasteiger partial charge is 0.257 e. The molecule has 7 heteroatoms. The molecule has 1 saturated heterocycles. The molecule has 0 aliphatic carbocycles. The number of aryl methyl sites for hydroxylation is 1. The molecule has 1 amide bonds. The predicted octanol–water partition coefficient (Wildman–Crippen LogP) is 4.99. The first-order chi connectivity index (χ1) is 16.7. The molecule has 2 aromatic carbocycles. The third-order valence-electron chi connectivity index (χ3n) is 6.59. The van der Waals surface area contributed by atoms with E-state index in [1.54, 1.807) is 0 Å². The van der Waals surface area contributed by atoms with E-state index in [2.05, 4.69) is 33.5 Å². The van der Waals surface area contributed by atoms with Crippen molar-refractivity contribution < 1.29 is 14.2 Å². The lowest BCUT2D eigenvalue weighted by molar-refractivity contribution is 0.0755. The van der Waals surface area contributed by atoms with Gasteiger partial charge in [0.15, 0.2) is 0 Å². The molecule has 5 rings (SSSR count). The quantitative estimate of drug-likeness (QED) is 0.407. The Labute approximate surface area is 198 Å². The summed E-state index contributed by atoms with van der Waals surface area (Å²) in [6.07, 6.45) is 7.88. The Morgan fingerprint density at radius 3 is 2.88 bits per heavy atom. The fourth-order valence-corrected chi connectivity index (χ4v) is 4.63. The van der Waals surface area contributed by atoms with Crippen molar-refractivity contribution in [3.05, 3.63) is 83.4 Å². The van der Waals surface area contributed by atoms with Gasteiger partial charge < -0.3 is 9.64 Å². The second-order valence-corrected chi connectivity index (χ2v) is 8.93. The summed E-state index contributed by atoms with van der Waals surface area (Å²) in [5.74, 6) is 1.13. The van der Waals surface area contributed by atoms with E-state index < -0.39 is 0 Å². The van der Waals surface area contributed by atoms with E-state index in [0.29, 0.717) is 28.6 Å². The Hall–Kier alpha value is -3.74. The van der Waals surface area contributed by atoms with Gasteiger partial charge in [-0.1, -0.05) is 34.6 Å². The number of ether oxygens (including phenoxy) is 1. The number of carbonyl (C=O) groups excluding carboxylic acids is 1. The van der Waals surface area contributed by atoms with Crippen LogP contribution in [0.3, 0.4) is 0 Å². The van der Waals surface area contributed by atoms with Crippen LogP contribution in [0.4, 0.5) is 0 Å². The molecule has 0 bridgehead atoms. The van der Waals surface area contributed by atoms with Crippen LogP contribution >= 0.6 is 0 Å². The minimum atomic E-state index is 0.0167. The molecule has 3 heterocycles. The Morgan fingerprint density at radius 1 is 1.09 bits per heavy atom. The van der Waals surface area contributed by atoms with Crippen molar-refractivity contribution in [1.82, 2.24) is 20.2 Å². The van der Waals surface area contributed by atoms with Crippen molar-refractivity contribution in [2.75, 3.05) is 13.1 Å². The normalized spacial score (nSPS) is 16.4. The number of rotatable bonds is 6. The van der Waals surface area contributed by atoms with Crippen LogP contribution in [0.1, 0.15) is 46.6 Å². The minimum Gasteiger partial charge on any atom is -0.486 e. The summed E-state index contributed by atoms with van der Waals surface area (Å²) in [4.78, 5) is 19.6. The standard InChI is InChI=1S/C27H28N4O3/c1-19-25(30-34-29-19)18-33-26-7-3-2-6-24(26)27(32)31-13-4-5-20(11-14-31)15-21-8-9-22-10-12-28-17-23(22)16-21/h2-3,6-10,12,16-17,20H,4-5,11,13-15,18H2,1H3/t20-/m1/s1. The molecule has 1 atom stereocenters. The number of pyridine rings is 1. The fourth-order valence-electron chi connectivity index (χ4n) is 4.63. The molecule has 0 saturated carbocycles. The van der Waals surface area contributed by atoms with Crippen molar-refractivity contribution in [1.29, 1.82) is 0 Å². The van der Waals surface area contributed by atoms with E-state index in [-0.39, 0.29) is 12.5 Å². The molecule has 34 heavy (non-hydrogen) atoms. The summed E-state index contributed by atoms with van der Waals surface area (Å²) in [7, 11) is 0. The number of carbonyl (C=O) groups is 1. The average Bonchev–Trinajstić information content (AvgIpc) is 3.14. The molecule has 0 N–H and O–H groups in total. The summed E-state index contributed by atoms with van der Waals surface area (Å²) in [5, 5.41) is 10.0. The highest BCUT2D eigenvalue weighted by atomic mass is 16.6. The van der Waals surface area contributed by atoms with E-state index >= 15 is 0 Å². The van der Waals surface area contributed by atoms with E-state index in [1.807, 2.05) is 54.5 Å². The van der Waals surface area contributed by atoms with Gasteiger partial charge in [-0.2, -0.15) is 0 Å². The topological polar surface area (TPSA) is 81.3 Å². The van der Waals surface area contributed by atoms with Crippen LogP contribution in [0.5, 0.6) is 5.75 Å². The number of likely N-dealkylation sites (tertiary alicyclic amines) is 1. The Kier molecular flexibility index (Phi) is 6.51. The Balaban J connectivity index is 1.23.